The lowest BCUT2D eigenvalue weighted by Gasteiger charge is -2.36. The second-order valence-electron chi connectivity index (χ2n) is 7.91. The van der Waals surface area contributed by atoms with Gasteiger partial charge in [-0.2, -0.15) is 0 Å². The van der Waals surface area contributed by atoms with Crippen molar-refractivity contribution in [3.63, 3.8) is 0 Å². The number of benzene rings is 1. The molecule has 3 N–H and O–H groups in total. The molecule has 1 aromatic carbocycles. The Morgan fingerprint density at radius 3 is 2.58 bits per heavy atom. The Morgan fingerprint density at radius 1 is 1.23 bits per heavy atom. The number of carbonyl (C=O) groups is 1. The van der Waals surface area contributed by atoms with Gasteiger partial charge in [-0.3, -0.25) is 4.79 Å². The number of hydrogen-bond donors (Lipinski definition) is 2. The Balaban J connectivity index is 1.94. The lowest BCUT2D eigenvalue weighted by Crippen LogP contribution is -2.37. The zero-order valence-electron chi connectivity index (χ0n) is 16.0. The maximum Gasteiger partial charge on any atom is 0.133 e. The zero-order chi connectivity index (χ0) is 18.8. The summed E-state index contributed by atoms with van der Waals surface area (Å²) in [5.41, 5.74) is 8.59. The number of ketones is 1. The van der Waals surface area contributed by atoms with Crippen molar-refractivity contribution in [1.29, 1.82) is 0 Å². The van der Waals surface area contributed by atoms with E-state index in [4.69, 9.17) is 15.2 Å². The Labute approximate surface area is 155 Å². The lowest BCUT2D eigenvalue weighted by atomic mass is 9.72. The van der Waals surface area contributed by atoms with Crippen LogP contribution in [0, 0.1) is 11.8 Å². The van der Waals surface area contributed by atoms with E-state index in [2.05, 4.69) is 13.0 Å². The molecule has 26 heavy (non-hydrogen) atoms. The van der Waals surface area contributed by atoms with Crippen molar-refractivity contribution in [3.8, 4) is 5.75 Å². The predicted octanol–water partition coefficient (Wildman–Crippen LogP) is 2.95. The minimum Gasteiger partial charge on any atom is -0.490 e. The fraction of sp³-hybridized carbons (Fsp3) is 0.667. The first-order valence-corrected chi connectivity index (χ1v) is 9.70. The molecule has 0 bridgehead atoms. The van der Waals surface area contributed by atoms with Gasteiger partial charge in [0, 0.05) is 30.7 Å². The third-order valence-corrected chi connectivity index (χ3v) is 6.17. The van der Waals surface area contributed by atoms with Gasteiger partial charge < -0.3 is 20.3 Å². The SMILES string of the molecule is CC(=O)C1C[C@@H](O)C(C)[C@@H](N)c2cc(OC3CCOCC3)ccc2C1C. The molecule has 5 heteroatoms. The Hall–Kier alpha value is -1.43. The molecule has 3 unspecified atom stereocenters. The first-order chi connectivity index (χ1) is 12.4. The molecule has 2 aliphatic rings. The van der Waals surface area contributed by atoms with Crippen LogP contribution in [0.3, 0.4) is 0 Å². The quantitative estimate of drug-likeness (QED) is 0.865. The number of fused-ring (bicyclic) bond motifs is 1. The third-order valence-electron chi connectivity index (χ3n) is 6.17. The van der Waals surface area contributed by atoms with E-state index < -0.39 is 6.10 Å². The van der Waals surface area contributed by atoms with E-state index in [9.17, 15) is 9.90 Å². The standard InChI is InChI=1S/C21H31NO4/c1-12-17-5-4-16(26-15-6-8-25-9-7-15)10-19(17)21(22)13(2)20(24)11-18(12)14(3)23/h4-5,10,12-13,15,18,20-21,24H,6-9,11,22H2,1-3H3/t12?,13?,18?,20-,21-/m1/s1. The molecule has 0 saturated carbocycles. The molecular weight excluding hydrogens is 330 g/mol. The molecule has 0 spiro atoms. The number of hydrogen-bond acceptors (Lipinski definition) is 5. The van der Waals surface area contributed by atoms with Crippen LogP contribution in [-0.2, 0) is 9.53 Å². The normalized spacial score (nSPS) is 33.0. The molecular formula is C21H31NO4. The maximum atomic E-state index is 12.2. The van der Waals surface area contributed by atoms with Crippen molar-refractivity contribution in [2.24, 2.45) is 17.6 Å². The third kappa shape index (κ3) is 3.95. The summed E-state index contributed by atoms with van der Waals surface area (Å²) in [6, 6.07) is 5.76. The highest BCUT2D eigenvalue weighted by Crippen LogP contribution is 2.41. The topological polar surface area (TPSA) is 81.8 Å². The number of carbonyl (C=O) groups excluding carboxylic acids is 1. The highest BCUT2D eigenvalue weighted by Gasteiger charge is 2.36. The molecule has 1 aliphatic carbocycles. The number of Topliss-reactive ketones (excluding diaryl/α,β-unsaturated/α-hetero) is 1. The van der Waals surface area contributed by atoms with Gasteiger partial charge >= 0.3 is 0 Å². The fourth-order valence-electron chi connectivity index (χ4n) is 4.25. The van der Waals surface area contributed by atoms with Crippen LogP contribution in [0.25, 0.3) is 0 Å². The van der Waals surface area contributed by atoms with Crippen LogP contribution >= 0.6 is 0 Å². The number of aliphatic hydroxyl groups is 1. The first-order valence-electron chi connectivity index (χ1n) is 9.70. The van der Waals surface area contributed by atoms with Gasteiger partial charge in [0.25, 0.3) is 0 Å². The fourth-order valence-corrected chi connectivity index (χ4v) is 4.25. The number of rotatable bonds is 3. The van der Waals surface area contributed by atoms with Crippen LogP contribution in [0.15, 0.2) is 18.2 Å². The molecule has 0 radical (unpaired) electrons. The summed E-state index contributed by atoms with van der Waals surface area (Å²) in [4.78, 5) is 12.2. The van der Waals surface area contributed by atoms with E-state index in [0.717, 1.165) is 42.9 Å². The largest absolute Gasteiger partial charge is 0.490 e. The summed E-state index contributed by atoms with van der Waals surface area (Å²) >= 11 is 0. The smallest absolute Gasteiger partial charge is 0.133 e. The first kappa shape index (κ1) is 19.3. The summed E-state index contributed by atoms with van der Waals surface area (Å²) < 4.78 is 11.5. The van der Waals surface area contributed by atoms with Gasteiger partial charge in [-0.15, -0.1) is 0 Å². The number of ether oxygens (including phenoxy) is 2. The molecule has 1 fully saturated rings. The van der Waals surface area contributed by atoms with Crippen molar-refractivity contribution < 1.29 is 19.4 Å². The predicted molar refractivity (Wildman–Crippen MR) is 100 cm³/mol. The number of aliphatic hydroxyl groups excluding tert-OH is 1. The van der Waals surface area contributed by atoms with E-state index in [1.54, 1.807) is 6.92 Å². The number of nitrogens with two attached hydrogens (primary N) is 1. The molecule has 1 aliphatic heterocycles. The summed E-state index contributed by atoms with van der Waals surface area (Å²) in [5.74, 6) is 0.628. The Morgan fingerprint density at radius 2 is 1.92 bits per heavy atom. The van der Waals surface area contributed by atoms with Crippen LogP contribution < -0.4 is 10.5 Å². The van der Waals surface area contributed by atoms with Crippen molar-refractivity contribution in [1.82, 2.24) is 0 Å². The Kier molecular flexibility index (Phi) is 6.00. The lowest BCUT2D eigenvalue weighted by molar-refractivity contribution is -0.122. The summed E-state index contributed by atoms with van der Waals surface area (Å²) in [7, 11) is 0. The van der Waals surface area contributed by atoms with E-state index in [0.29, 0.717) is 6.42 Å². The molecule has 1 heterocycles. The van der Waals surface area contributed by atoms with E-state index in [-0.39, 0.29) is 35.7 Å². The highest BCUT2D eigenvalue weighted by molar-refractivity contribution is 5.79. The molecule has 1 saturated heterocycles. The van der Waals surface area contributed by atoms with E-state index in [1.807, 2.05) is 19.1 Å². The average Bonchev–Trinajstić information content (AvgIpc) is 2.64. The van der Waals surface area contributed by atoms with E-state index in [1.165, 1.54) is 0 Å². The highest BCUT2D eigenvalue weighted by atomic mass is 16.5. The second kappa shape index (κ2) is 8.07. The van der Waals surface area contributed by atoms with Crippen molar-refractivity contribution in [3.05, 3.63) is 29.3 Å². The van der Waals surface area contributed by atoms with Gasteiger partial charge in [0.05, 0.1) is 19.3 Å². The second-order valence-corrected chi connectivity index (χ2v) is 7.91. The maximum absolute atomic E-state index is 12.2. The zero-order valence-corrected chi connectivity index (χ0v) is 16.0. The van der Waals surface area contributed by atoms with Gasteiger partial charge in [0.1, 0.15) is 17.6 Å². The molecule has 1 aromatic rings. The Bertz CT molecular complexity index is 641. The van der Waals surface area contributed by atoms with Gasteiger partial charge in [-0.1, -0.05) is 19.9 Å². The molecule has 5 nitrogen and oxygen atoms in total. The minimum absolute atomic E-state index is 0.0211. The summed E-state index contributed by atoms with van der Waals surface area (Å²) in [5, 5.41) is 10.6. The van der Waals surface area contributed by atoms with E-state index >= 15 is 0 Å². The van der Waals surface area contributed by atoms with Crippen LogP contribution in [-0.4, -0.2) is 36.3 Å². The van der Waals surface area contributed by atoms with Gasteiger partial charge in [0.15, 0.2) is 0 Å². The average molecular weight is 361 g/mol. The van der Waals surface area contributed by atoms with Crippen molar-refractivity contribution in [2.45, 2.75) is 64.2 Å². The van der Waals surface area contributed by atoms with Crippen LogP contribution in [0.1, 0.15) is 63.1 Å². The molecule has 144 valence electrons. The van der Waals surface area contributed by atoms with Crippen molar-refractivity contribution in [2.75, 3.05) is 13.2 Å². The van der Waals surface area contributed by atoms with Crippen LogP contribution in [0.4, 0.5) is 0 Å². The summed E-state index contributed by atoms with van der Waals surface area (Å²) in [6.45, 7) is 7.09. The molecule has 0 aromatic heterocycles. The van der Waals surface area contributed by atoms with Gasteiger partial charge in [0.2, 0.25) is 0 Å². The van der Waals surface area contributed by atoms with Gasteiger partial charge in [-0.05, 0) is 42.5 Å². The monoisotopic (exact) mass is 361 g/mol. The van der Waals surface area contributed by atoms with Crippen LogP contribution in [0.5, 0.6) is 5.75 Å². The molecule has 0 amide bonds. The summed E-state index contributed by atoms with van der Waals surface area (Å²) in [6.07, 6.45) is 1.82. The van der Waals surface area contributed by atoms with Crippen LogP contribution in [0.2, 0.25) is 0 Å². The minimum atomic E-state index is -0.588. The van der Waals surface area contributed by atoms with Crippen molar-refractivity contribution >= 4 is 5.78 Å². The van der Waals surface area contributed by atoms with Gasteiger partial charge in [-0.25, -0.2) is 0 Å². The molecule has 3 rings (SSSR count). The molecule has 5 atom stereocenters.